The average molecular weight is 443 g/mol. The van der Waals surface area contributed by atoms with E-state index in [0.29, 0.717) is 22.6 Å². The Morgan fingerprint density at radius 3 is 2.19 bits per heavy atom. The number of hydrogen-bond acceptors (Lipinski definition) is 4. The van der Waals surface area contributed by atoms with Crippen LogP contribution in [0, 0.1) is 5.82 Å². The average Bonchev–Trinajstić information content (AvgIpc) is 2.79. The van der Waals surface area contributed by atoms with Gasteiger partial charge in [0.15, 0.2) is 0 Å². The highest BCUT2D eigenvalue weighted by atomic mass is 32.2. The molecule has 0 radical (unpaired) electrons. The van der Waals surface area contributed by atoms with E-state index in [1.807, 2.05) is 0 Å². The third-order valence-corrected chi connectivity index (χ3v) is 6.68. The van der Waals surface area contributed by atoms with Crippen LogP contribution in [0.4, 0.5) is 10.1 Å². The van der Waals surface area contributed by atoms with Crippen molar-refractivity contribution in [2.75, 3.05) is 25.5 Å². The van der Waals surface area contributed by atoms with Crippen molar-refractivity contribution in [3.8, 4) is 5.75 Å². The number of ether oxygens (including phenoxy) is 1. The molecule has 0 aromatic heterocycles. The second-order valence-corrected chi connectivity index (χ2v) is 8.89. The summed E-state index contributed by atoms with van der Waals surface area (Å²) in [7, 11) is 0.610. The SMILES string of the molecule is COc1ccccc1N(C)S(=O)(=O)c1ccc(C(=O)N(C)Cc2ccccc2F)cc1. The number of benzene rings is 3. The molecule has 3 aromatic carbocycles. The van der Waals surface area contributed by atoms with Crippen molar-refractivity contribution in [1.29, 1.82) is 0 Å². The van der Waals surface area contributed by atoms with Gasteiger partial charge in [-0.2, -0.15) is 0 Å². The molecule has 31 heavy (non-hydrogen) atoms. The van der Waals surface area contributed by atoms with Crippen LogP contribution in [0.25, 0.3) is 0 Å². The molecule has 0 bridgehead atoms. The first-order valence-electron chi connectivity index (χ1n) is 9.46. The fourth-order valence-corrected chi connectivity index (χ4v) is 4.33. The Bertz CT molecular complexity index is 1180. The first kappa shape index (κ1) is 22.3. The van der Waals surface area contributed by atoms with E-state index >= 15 is 0 Å². The summed E-state index contributed by atoms with van der Waals surface area (Å²) in [4.78, 5) is 14.1. The molecule has 0 aliphatic carbocycles. The smallest absolute Gasteiger partial charge is 0.264 e. The second kappa shape index (κ2) is 9.18. The lowest BCUT2D eigenvalue weighted by atomic mass is 10.1. The van der Waals surface area contributed by atoms with Crippen molar-refractivity contribution in [1.82, 2.24) is 4.90 Å². The van der Waals surface area contributed by atoms with Crippen LogP contribution in [0.3, 0.4) is 0 Å². The number of hydrogen-bond donors (Lipinski definition) is 0. The molecule has 0 aliphatic rings. The van der Waals surface area contributed by atoms with Crippen LogP contribution in [-0.2, 0) is 16.6 Å². The monoisotopic (exact) mass is 442 g/mol. The lowest BCUT2D eigenvalue weighted by Gasteiger charge is -2.22. The summed E-state index contributed by atoms with van der Waals surface area (Å²) in [6, 6.07) is 18.7. The summed E-state index contributed by atoms with van der Waals surface area (Å²) in [5.74, 6) is -0.302. The number of rotatable bonds is 7. The van der Waals surface area contributed by atoms with E-state index in [9.17, 15) is 17.6 Å². The molecule has 0 heterocycles. The molecule has 6 nitrogen and oxygen atoms in total. The Hall–Kier alpha value is -3.39. The summed E-state index contributed by atoms with van der Waals surface area (Å²) in [5.41, 5.74) is 1.10. The van der Waals surface area contributed by atoms with E-state index in [2.05, 4.69) is 0 Å². The van der Waals surface area contributed by atoms with Crippen LogP contribution >= 0.6 is 0 Å². The Balaban J connectivity index is 1.80. The molecule has 8 heteroatoms. The molecule has 0 atom stereocenters. The van der Waals surface area contributed by atoms with E-state index in [1.54, 1.807) is 49.5 Å². The van der Waals surface area contributed by atoms with Gasteiger partial charge >= 0.3 is 0 Å². The van der Waals surface area contributed by atoms with Crippen molar-refractivity contribution < 1.29 is 22.3 Å². The van der Waals surface area contributed by atoms with Gasteiger partial charge in [0.25, 0.3) is 15.9 Å². The highest BCUT2D eigenvalue weighted by molar-refractivity contribution is 7.92. The van der Waals surface area contributed by atoms with Crippen LogP contribution < -0.4 is 9.04 Å². The van der Waals surface area contributed by atoms with E-state index in [1.165, 1.54) is 49.4 Å². The minimum atomic E-state index is -3.86. The third-order valence-electron chi connectivity index (χ3n) is 4.90. The second-order valence-electron chi connectivity index (χ2n) is 6.92. The molecule has 0 N–H and O–H groups in total. The number of sulfonamides is 1. The molecular weight excluding hydrogens is 419 g/mol. The molecule has 0 saturated heterocycles. The summed E-state index contributed by atoms with van der Waals surface area (Å²) in [6.07, 6.45) is 0. The number of para-hydroxylation sites is 2. The highest BCUT2D eigenvalue weighted by Gasteiger charge is 2.24. The van der Waals surface area contributed by atoms with Gasteiger partial charge in [0.1, 0.15) is 11.6 Å². The minimum Gasteiger partial charge on any atom is -0.495 e. The Labute approximate surface area is 181 Å². The predicted molar refractivity (Wildman–Crippen MR) is 117 cm³/mol. The number of halogens is 1. The van der Waals surface area contributed by atoms with Gasteiger partial charge in [-0.1, -0.05) is 30.3 Å². The number of carbonyl (C=O) groups excluding carboxylic acids is 1. The zero-order valence-electron chi connectivity index (χ0n) is 17.4. The first-order chi connectivity index (χ1) is 14.8. The number of amides is 1. The Morgan fingerprint density at radius 1 is 0.935 bits per heavy atom. The molecule has 1 amide bonds. The van der Waals surface area contributed by atoms with Crippen molar-refractivity contribution >= 4 is 21.6 Å². The minimum absolute atomic E-state index is 0.0363. The summed E-state index contributed by atoms with van der Waals surface area (Å²) >= 11 is 0. The maximum Gasteiger partial charge on any atom is 0.264 e. The molecule has 0 saturated carbocycles. The largest absolute Gasteiger partial charge is 0.495 e. The highest BCUT2D eigenvalue weighted by Crippen LogP contribution is 2.30. The number of carbonyl (C=O) groups is 1. The van der Waals surface area contributed by atoms with Crippen LogP contribution in [0.1, 0.15) is 15.9 Å². The van der Waals surface area contributed by atoms with Crippen LogP contribution in [0.2, 0.25) is 0 Å². The first-order valence-corrected chi connectivity index (χ1v) is 10.9. The number of methoxy groups -OCH3 is 1. The topological polar surface area (TPSA) is 66.9 Å². The molecule has 0 fully saturated rings. The molecule has 162 valence electrons. The molecular formula is C23H23FN2O4S. The van der Waals surface area contributed by atoms with Gasteiger partial charge in [0, 0.05) is 31.8 Å². The normalized spacial score (nSPS) is 11.1. The third kappa shape index (κ3) is 4.69. The van der Waals surface area contributed by atoms with Gasteiger partial charge in [-0.3, -0.25) is 9.10 Å². The van der Waals surface area contributed by atoms with E-state index in [4.69, 9.17) is 4.74 Å². The van der Waals surface area contributed by atoms with Crippen LogP contribution in [0.5, 0.6) is 5.75 Å². The molecule has 0 unspecified atom stereocenters. The fourth-order valence-electron chi connectivity index (χ4n) is 3.12. The Morgan fingerprint density at radius 2 is 1.55 bits per heavy atom. The Kier molecular flexibility index (Phi) is 6.60. The van der Waals surface area contributed by atoms with E-state index in [0.717, 1.165) is 4.31 Å². The molecule has 0 aliphatic heterocycles. The van der Waals surface area contributed by atoms with Crippen molar-refractivity contribution in [2.24, 2.45) is 0 Å². The van der Waals surface area contributed by atoms with Crippen LogP contribution in [-0.4, -0.2) is 40.4 Å². The lowest BCUT2D eigenvalue weighted by Crippen LogP contribution is -2.28. The van der Waals surface area contributed by atoms with E-state index < -0.39 is 10.0 Å². The van der Waals surface area contributed by atoms with Gasteiger partial charge < -0.3 is 9.64 Å². The van der Waals surface area contributed by atoms with Crippen LogP contribution in [0.15, 0.2) is 77.7 Å². The fraction of sp³-hybridized carbons (Fsp3) is 0.174. The number of nitrogens with zero attached hydrogens (tertiary/aromatic N) is 2. The standard InChI is InChI=1S/C23H23FN2O4S/c1-25(16-18-8-4-5-9-20(18)24)23(27)17-12-14-19(15-13-17)31(28,29)26(2)21-10-6-7-11-22(21)30-3/h4-15H,16H2,1-3H3. The van der Waals surface area contributed by atoms with Crippen molar-refractivity contribution in [3.63, 3.8) is 0 Å². The van der Waals surface area contributed by atoms with E-state index in [-0.39, 0.29) is 23.2 Å². The van der Waals surface area contributed by atoms with Gasteiger partial charge in [-0.15, -0.1) is 0 Å². The van der Waals surface area contributed by atoms with Gasteiger partial charge in [-0.05, 0) is 42.5 Å². The molecule has 3 aromatic rings. The maximum absolute atomic E-state index is 13.9. The predicted octanol–water partition coefficient (Wildman–Crippen LogP) is 3.93. The van der Waals surface area contributed by atoms with Crippen molar-refractivity contribution in [2.45, 2.75) is 11.4 Å². The van der Waals surface area contributed by atoms with Gasteiger partial charge in [0.2, 0.25) is 0 Å². The van der Waals surface area contributed by atoms with Gasteiger partial charge in [0.05, 0.1) is 17.7 Å². The molecule has 3 rings (SSSR count). The zero-order valence-corrected chi connectivity index (χ0v) is 18.3. The quantitative estimate of drug-likeness (QED) is 0.556. The summed E-state index contributed by atoms with van der Waals surface area (Å²) in [5, 5.41) is 0. The maximum atomic E-state index is 13.9. The van der Waals surface area contributed by atoms with Gasteiger partial charge in [-0.25, -0.2) is 12.8 Å². The summed E-state index contributed by atoms with van der Waals surface area (Å²) in [6.45, 7) is 0.0993. The lowest BCUT2D eigenvalue weighted by molar-refractivity contribution is 0.0783. The zero-order chi connectivity index (χ0) is 22.6. The summed E-state index contributed by atoms with van der Waals surface area (Å²) < 4.78 is 46.3. The van der Waals surface area contributed by atoms with Crippen molar-refractivity contribution in [3.05, 3.63) is 89.7 Å². The molecule has 0 spiro atoms. The number of anilines is 1.